The van der Waals surface area contributed by atoms with E-state index in [4.69, 9.17) is 4.42 Å². The molecule has 1 N–H and O–H groups in total. The summed E-state index contributed by atoms with van der Waals surface area (Å²) in [6, 6.07) is 12.3. The molecule has 1 saturated heterocycles. The van der Waals surface area contributed by atoms with Crippen LogP contribution in [0.1, 0.15) is 40.0 Å². The number of oxazole rings is 1. The van der Waals surface area contributed by atoms with E-state index in [1.165, 1.54) is 10.6 Å². The molecule has 0 radical (unpaired) electrons. The van der Waals surface area contributed by atoms with E-state index in [2.05, 4.69) is 20.6 Å². The molecule has 0 saturated carbocycles. The standard InChI is InChI=1S/C30H32N8O5/c1-19-24(32-29(43-19)20-7-4-3-5-8-20)14-27(40)37-15-21-13-26(39)35(2)12-10-31-28(41)23-9-6-11-36(30(23)42)16-22-17-38(34-33-22)25(21)18-37/h3-9,11,17,21,25H,10,12-16,18H2,1-2H3,(H,31,41)/t21-,25+/m0/s1. The van der Waals surface area contributed by atoms with Crippen molar-refractivity contribution in [2.24, 2.45) is 5.92 Å². The van der Waals surface area contributed by atoms with Gasteiger partial charge in [-0.15, -0.1) is 5.10 Å². The summed E-state index contributed by atoms with van der Waals surface area (Å²) in [6.07, 6.45) is 3.59. The molecule has 6 rings (SSSR count). The van der Waals surface area contributed by atoms with Crippen molar-refractivity contribution in [2.75, 3.05) is 33.2 Å². The van der Waals surface area contributed by atoms with Gasteiger partial charge in [-0.2, -0.15) is 0 Å². The number of amides is 3. The Kier molecular flexibility index (Phi) is 7.61. The van der Waals surface area contributed by atoms with E-state index in [-0.39, 0.29) is 61.8 Å². The van der Waals surface area contributed by atoms with E-state index in [1.807, 2.05) is 30.3 Å². The number of carbonyl (C=O) groups is 3. The Morgan fingerprint density at radius 2 is 1.91 bits per heavy atom. The summed E-state index contributed by atoms with van der Waals surface area (Å²) in [6.45, 7) is 3.09. The molecule has 4 aromatic rings. The summed E-state index contributed by atoms with van der Waals surface area (Å²) in [7, 11) is 1.67. The Morgan fingerprint density at radius 1 is 1.09 bits per heavy atom. The average molecular weight is 585 g/mol. The molecule has 13 nitrogen and oxygen atoms in total. The predicted octanol–water partition coefficient (Wildman–Crippen LogP) is 1.29. The maximum Gasteiger partial charge on any atom is 0.263 e. The molecule has 5 heterocycles. The molecule has 0 aliphatic carbocycles. The van der Waals surface area contributed by atoms with Crippen LogP contribution in [-0.4, -0.2) is 85.3 Å². The smallest absolute Gasteiger partial charge is 0.263 e. The number of hydrogen-bond donors (Lipinski definition) is 1. The zero-order chi connectivity index (χ0) is 30.1. The minimum Gasteiger partial charge on any atom is -0.441 e. The SMILES string of the molecule is Cc1oc(-c2ccccc2)nc1CC(=O)N1C[C@@H]2CC(=O)N(C)CCNC(=O)c3cccn(c3=O)Cc3cn(nn3)[C@@H]2C1. The minimum absolute atomic E-state index is 0.0132. The summed E-state index contributed by atoms with van der Waals surface area (Å²) >= 11 is 0. The Morgan fingerprint density at radius 3 is 2.72 bits per heavy atom. The van der Waals surface area contributed by atoms with Gasteiger partial charge < -0.3 is 24.1 Å². The Hall–Kier alpha value is -5.07. The number of aromatic nitrogens is 5. The number of carbonyl (C=O) groups excluding carboxylic acids is 3. The van der Waals surface area contributed by atoms with Crippen LogP contribution in [0.3, 0.4) is 0 Å². The van der Waals surface area contributed by atoms with E-state index in [0.717, 1.165) is 5.56 Å². The third-order valence-electron chi connectivity index (χ3n) is 8.08. The van der Waals surface area contributed by atoms with Crippen molar-refractivity contribution >= 4 is 17.7 Å². The fourth-order valence-electron chi connectivity index (χ4n) is 5.60. The third kappa shape index (κ3) is 5.83. The summed E-state index contributed by atoms with van der Waals surface area (Å²) in [4.78, 5) is 60.3. The van der Waals surface area contributed by atoms with E-state index < -0.39 is 11.5 Å². The average Bonchev–Trinajstić information content (AvgIpc) is 3.73. The summed E-state index contributed by atoms with van der Waals surface area (Å²) in [5.41, 5.74) is 1.49. The molecule has 3 aromatic heterocycles. The highest BCUT2D eigenvalue weighted by atomic mass is 16.4. The number of pyridine rings is 1. The topological polar surface area (TPSA) is 148 Å². The highest BCUT2D eigenvalue weighted by Gasteiger charge is 2.39. The number of fused-ring (bicyclic) bond motifs is 6. The first-order valence-electron chi connectivity index (χ1n) is 14.2. The van der Waals surface area contributed by atoms with E-state index in [1.54, 1.807) is 46.9 Å². The Bertz CT molecular complexity index is 1730. The van der Waals surface area contributed by atoms with Crippen molar-refractivity contribution in [1.82, 2.24) is 39.7 Å². The monoisotopic (exact) mass is 584 g/mol. The van der Waals surface area contributed by atoms with Gasteiger partial charge in [0.15, 0.2) is 0 Å². The number of likely N-dealkylation sites (tertiary alicyclic amines) is 1. The van der Waals surface area contributed by atoms with Gasteiger partial charge in [0.05, 0.1) is 30.9 Å². The normalized spacial score (nSPS) is 19.3. The fourth-order valence-corrected chi connectivity index (χ4v) is 5.60. The number of nitrogens with zero attached hydrogens (tertiary/aromatic N) is 7. The molecule has 2 aliphatic heterocycles. The minimum atomic E-state index is -0.501. The van der Waals surface area contributed by atoms with Gasteiger partial charge in [-0.1, -0.05) is 23.4 Å². The second-order valence-electron chi connectivity index (χ2n) is 11.0. The Balaban J connectivity index is 1.25. The molecule has 3 amide bonds. The molecule has 0 spiro atoms. The van der Waals surface area contributed by atoms with Crippen LogP contribution in [0, 0.1) is 12.8 Å². The summed E-state index contributed by atoms with van der Waals surface area (Å²) < 4.78 is 8.95. The van der Waals surface area contributed by atoms with Crippen molar-refractivity contribution in [1.29, 1.82) is 0 Å². The first kappa shape index (κ1) is 28.1. The van der Waals surface area contributed by atoms with Crippen molar-refractivity contribution in [3.05, 3.63) is 87.9 Å². The van der Waals surface area contributed by atoms with Crippen LogP contribution in [-0.2, 0) is 22.6 Å². The number of benzene rings is 1. The van der Waals surface area contributed by atoms with Crippen molar-refractivity contribution in [3.8, 4) is 11.5 Å². The third-order valence-corrected chi connectivity index (χ3v) is 8.08. The van der Waals surface area contributed by atoms with E-state index in [9.17, 15) is 19.2 Å². The fraction of sp³-hybridized carbons (Fsp3) is 0.367. The second kappa shape index (κ2) is 11.7. The maximum atomic E-state index is 13.5. The molecular formula is C30H32N8O5. The summed E-state index contributed by atoms with van der Waals surface area (Å²) in [5, 5.41) is 11.3. The number of nitrogens with one attached hydrogen (secondary N) is 1. The number of rotatable bonds is 3. The van der Waals surface area contributed by atoms with Crippen LogP contribution in [0.2, 0.25) is 0 Å². The highest BCUT2D eigenvalue weighted by molar-refractivity contribution is 5.93. The van der Waals surface area contributed by atoms with Crippen molar-refractivity contribution < 1.29 is 18.8 Å². The van der Waals surface area contributed by atoms with Gasteiger partial charge >= 0.3 is 0 Å². The molecule has 0 unspecified atom stereocenters. The van der Waals surface area contributed by atoms with Crippen LogP contribution >= 0.6 is 0 Å². The lowest BCUT2D eigenvalue weighted by Crippen LogP contribution is -2.39. The van der Waals surface area contributed by atoms with Crippen LogP contribution < -0.4 is 10.9 Å². The van der Waals surface area contributed by atoms with Gasteiger partial charge in [0, 0.05) is 57.3 Å². The number of hydrogen-bond acceptors (Lipinski definition) is 8. The first-order valence-corrected chi connectivity index (χ1v) is 14.2. The van der Waals surface area contributed by atoms with E-state index in [0.29, 0.717) is 36.1 Å². The van der Waals surface area contributed by atoms with Crippen LogP contribution in [0.15, 0.2) is 64.1 Å². The molecule has 1 aromatic carbocycles. The zero-order valence-corrected chi connectivity index (χ0v) is 24.0. The summed E-state index contributed by atoms with van der Waals surface area (Å²) in [5.74, 6) is 0.0848. The van der Waals surface area contributed by atoms with E-state index >= 15 is 0 Å². The lowest BCUT2D eigenvalue weighted by molar-refractivity contribution is -0.132. The van der Waals surface area contributed by atoms with Crippen molar-refractivity contribution in [3.63, 3.8) is 0 Å². The zero-order valence-electron chi connectivity index (χ0n) is 24.0. The lowest BCUT2D eigenvalue weighted by atomic mass is 9.99. The number of aryl methyl sites for hydroxylation is 1. The molecule has 1 fully saturated rings. The molecule has 43 heavy (non-hydrogen) atoms. The quantitative estimate of drug-likeness (QED) is 0.379. The highest BCUT2D eigenvalue weighted by Crippen LogP contribution is 2.32. The van der Waals surface area contributed by atoms with Crippen LogP contribution in [0.25, 0.3) is 11.5 Å². The lowest BCUT2D eigenvalue weighted by Gasteiger charge is -2.22. The molecule has 2 atom stereocenters. The molecule has 2 aliphatic rings. The van der Waals surface area contributed by atoms with Gasteiger partial charge in [-0.05, 0) is 31.2 Å². The van der Waals surface area contributed by atoms with Gasteiger partial charge in [-0.25, -0.2) is 9.67 Å². The predicted molar refractivity (Wildman–Crippen MR) is 154 cm³/mol. The van der Waals surface area contributed by atoms with Crippen LogP contribution in [0.4, 0.5) is 0 Å². The number of likely N-dealkylation sites (N-methyl/N-ethyl adjacent to an activating group) is 1. The molecule has 222 valence electrons. The van der Waals surface area contributed by atoms with Crippen LogP contribution in [0.5, 0.6) is 0 Å². The molecule has 13 heteroatoms. The van der Waals surface area contributed by atoms with Gasteiger partial charge in [-0.3, -0.25) is 19.2 Å². The van der Waals surface area contributed by atoms with Gasteiger partial charge in [0.2, 0.25) is 17.7 Å². The van der Waals surface area contributed by atoms with Gasteiger partial charge in [0.25, 0.3) is 11.5 Å². The maximum absolute atomic E-state index is 13.5. The second-order valence-corrected chi connectivity index (χ2v) is 11.0. The largest absolute Gasteiger partial charge is 0.441 e. The Labute approximate surface area is 247 Å². The molecule has 4 bridgehead atoms. The van der Waals surface area contributed by atoms with Gasteiger partial charge in [0.1, 0.15) is 17.0 Å². The molecular weight excluding hydrogens is 552 g/mol. The van der Waals surface area contributed by atoms with Crippen molar-refractivity contribution in [2.45, 2.75) is 32.4 Å². The first-order chi connectivity index (χ1) is 20.8.